The molecule has 3 N–H and O–H groups in total. The van der Waals surface area contributed by atoms with Gasteiger partial charge in [0, 0.05) is 25.7 Å². The summed E-state index contributed by atoms with van der Waals surface area (Å²) in [6.07, 6.45) is 32.4. The lowest BCUT2D eigenvalue weighted by molar-refractivity contribution is -0.161. The monoisotopic (exact) mass is 1160 g/mol. The lowest BCUT2D eigenvalue weighted by atomic mass is 10.00. The lowest BCUT2D eigenvalue weighted by Crippen LogP contribution is -2.30. The number of esters is 4. The minimum atomic E-state index is -4.94. The van der Waals surface area contributed by atoms with Crippen molar-refractivity contribution >= 4 is 39.5 Å². The Bertz CT molecular complexity index is 1550. The number of rotatable bonds is 58. The van der Waals surface area contributed by atoms with Crippen LogP contribution in [0, 0.1) is 11.8 Å². The Morgan fingerprint density at radius 2 is 0.654 bits per heavy atom. The summed E-state index contributed by atoms with van der Waals surface area (Å²) in [4.78, 5) is 71.7. The standard InChI is InChI=1S/C59H114O17P2/c1-7-10-12-14-15-16-20-23-31-37-43-58(63)75-54(47-69-56(61)41-35-27-13-11-8-2)49-73-77(65,66)71-45-53(60)46-72-78(67,68)74-50-55(48-70-57(62)42-36-30-26-25-29-34-40-52(6)9-3)76-59(64)44-38-32-24-21-18-17-19-22-28-33-39-51(4)5/h51-55,60H,7-50H2,1-6H3,(H,65,66)(H,67,68)/t52?,53-,54+,55+/m0/s1. The van der Waals surface area contributed by atoms with Crippen LogP contribution < -0.4 is 0 Å². The summed E-state index contributed by atoms with van der Waals surface area (Å²) >= 11 is 0. The average Bonchev–Trinajstić information content (AvgIpc) is 3.40. The van der Waals surface area contributed by atoms with Gasteiger partial charge in [-0.25, -0.2) is 9.13 Å². The first-order valence-electron chi connectivity index (χ1n) is 31.0. The maximum atomic E-state index is 12.9. The van der Waals surface area contributed by atoms with E-state index in [4.69, 9.17) is 37.0 Å². The zero-order valence-electron chi connectivity index (χ0n) is 50.0. The molecule has 19 heteroatoms. The summed E-state index contributed by atoms with van der Waals surface area (Å²) in [6, 6.07) is 0. The van der Waals surface area contributed by atoms with Gasteiger partial charge in [-0.05, 0) is 37.5 Å². The highest BCUT2D eigenvalue weighted by Crippen LogP contribution is 2.45. The zero-order valence-corrected chi connectivity index (χ0v) is 51.7. The SMILES string of the molecule is CCCCCCCCCCCCC(=O)O[C@H](COC(=O)CCCCCCC)COP(=O)(O)OC[C@H](O)COP(=O)(O)OC[C@@H](COC(=O)CCCCCCCCC(C)CC)OC(=O)CCCCCCCCCCCCC(C)C. The number of hydrogen-bond donors (Lipinski definition) is 3. The normalized spacial score (nSPS) is 14.8. The van der Waals surface area contributed by atoms with E-state index in [0.717, 1.165) is 115 Å². The molecule has 0 aliphatic rings. The van der Waals surface area contributed by atoms with Gasteiger partial charge in [-0.3, -0.25) is 37.3 Å². The second-order valence-corrected chi connectivity index (χ2v) is 25.0. The van der Waals surface area contributed by atoms with Gasteiger partial charge < -0.3 is 33.8 Å². The number of aliphatic hydroxyl groups excluding tert-OH is 1. The molecule has 0 saturated carbocycles. The molecule has 0 saturated heterocycles. The quantitative estimate of drug-likeness (QED) is 0.0222. The van der Waals surface area contributed by atoms with Crippen molar-refractivity contribution in [2.24, 2.45) is 11.8 Å². The van der Waals surface area contributed by atoms with Gasteiger partial charge in [0.2, 0.25) is 0 Å². The molecule has 0 bridgehead atoms. The highest BCUT2D eigenvalue weighted by molar-refractivity contribution is 7.47. The Morgan fingerprint density at radius 3 is 0.974 bits per heavy atom. The third-order valence-electron chi connectivity index (χ3n) is 13.8. The first kappa shape index (κ1) is 76.1. The Labute approximate surface area is 473 Å². The number of aliphatic hydroxyl groups is 1. The molecule has 0 amide bonds. The Kier molecular flexibility index (Phi) is 50.6. The highest BCUT2D eigenvalue weighted by Gasteiger charge is 2.30. The molecular weight excluding hydrogens is 1040 g/mol. The fourth-order valence-electron chi connectivity index (χ4n) is 8.61. The van der Waals surface area contributed by atoms with Gasteiger partial charge in [0.15, 0.2) is 12.2 Å². The van der Waals surface area contributed by atoms with Crippen molar-refractivity contribution in [2.75, 3.05) is 39.6 Å². The number of carbonyl (C=O) groups excluding carboxylic acids is 4. The van der Waals surface area contributed by atoms with Gasteiger partial charge >= 0.3 is 39.5 Å². The topological polar surface area (TPSA) is 237 Å². The Hall–Kier alpha value is -1.94. The van der Waals surface area contributed by atoms with Crippen LogP contribution in [-0.4, -0.2) is 96.7 Å². The molecule has 0 aliphatic carbocycles. The van der Waals surface area contributed by atoms with Crippen LogP contribution in [0.4, 0.5) is 0 Å². The number of carbonyl (C=O) groups is 4. The average molecular weight is 1160 g/mol. The van der Waals surface area contributed by atoms with Crippen LogP contribution in [0.15, 0.2) is 0 Å². The van der Waals surface area contributed by atoms with E-state index in [0.29, 0.717) is 25.7 Å². The molecule has 0 aromatic rings. The minimum Gasteiger partial charge on any atom is -0.462 e. The molecule has 0 rings (SSSR count). The molecule has 17 nitrogen and oxygen atoms in total. The summed E-state index contributed by atoms with van der Waals surface area (Å²) in [5, 5.41) is 10.5. The van der Waals surface area contributed by atoms with E-state index in [1.165, 1.54) is 89.9 Å². The van der Waals surface area contributed by atoms with Crippen LogP contribution in [-0.2, 0) is 65.4 Å². The molecule has 6 atom stereocenters. The molecule has 462 valence electrons. The van der Waals surface area contributed by atoms with Gasteiger partial charge in [0.25, 0.3) is 0 Å². The number of ether oxygens (including phenoxy) is 4. The lowest BCUT2D eigenvalue weighted by Gasteiger charge is -2.21. The minimum absolute atomic E-state index is 0.105. The van der Waals surface area contributed by atoms with Gasteiger partial charge in [0.1, 0.15) is 19.3 Å². The molecule has 78 heavy (non-hydrogen) atoms. The van der Waals surface area contributed by atoms with E-state index in [9.17, 15) is 43.2 Å². The molecule has 0 radical (unpaired) electrons. The summed E-state index contributed by atoms with van der Waals surface area (Å²) < 4.78 is 67.6. The van der Waals surface area contributed by atoms with Crippen molar-refractivity contribution in [1.29, 1.82) is 0 Å². The van der Waals surface area contributed by atoms with Crippen molar-refractivity contribution in [3.05, 3.63) is 0 Å². The van der Waals surface area contributed by atoms with E-state index in [1.54, 1.807) is 0 Å². The Balaban J connectivity index is 5.19. The largest absolute Gasteiger partial charge is 0.472 e. The van der Waals surface area contributed by atoms with Gasteiger partial charge in [0.05, 0.1) is 26.4 Å². The van der Waals surface area contributed by atoms with Crippen molar-refractivity contribution in [1.82, 2.24) is 0 Å². The van der Waals surface area contributed by atoms with E-state index in [-0.39, 0.29) is 25.7 Å². The molecule has 0 aromatic carbocycles. The maximum absolute atomic E-state index is 12.9. The number of phosphoric acid groups is 2. The second kappa shape index (κ2) is 51.9. The third-order valence-corrected chi connectivity index (χ3v) is 15.7. The van der Waals surface area contributed by atoms with E-state index >= 15 is 0 Å². The summed E-state index contributed by atoms with van der Waals surface area (Å²) in [5.74, 6) is -0.670. The fourth-order valence-corrected chi connectivity index (χ4v) is 10.2. The maximum Gasteiger partial charge on any atom is 0.472 e. The van der Waals surface area contributed by atoms with Crippen molar-refractivity contribution in [3.63, 3.8) is 0 Å². The highest BCUT2D eigenvalue weighted by atomic mass is 31.2. The molecular formula is C59H114O17P2. The smallest absolute Gasteiger partial charge is 0.462 e. The van der Waals surface area contributed by atoms with Gasteiger partial charge in [-0.2, -0.15) is 0 Å². The van der Waals surface area contributed by atoms with Crippen LogP contribution in [0.3, 0.4) is 0 Å². The van der Waals surface area contributed by atoms with Crippen LogP contribution in [0.5, 0.6) is 0 Å². The van der Waals surface area contributed by atoms with Crippen molar-refractivity contribution < 1.29 is 80.2 Å². The third kappa shape index (κ3) is 52.2. The molecule has 0 fully saturated rings. The number of unbranched alkanes of at least 4 members (excludes halogenated alkanes) is 27. The molecule has 3 unspecified atom stereocenters. The molecule has 0 aliphatic heterocycles. The molecule has 0 aromatic heterocycles. The first-order valence-corrected chi connectivity index (χ1v) is 34.0. The van der Waals surface area contributed by atoms with Crippen LogP contribution in [0.25, 0.3) is 0 Å². The summed E-state index contributed by atoms with van der Waals surface area (Å²) in [6.45, 7) is 9.31. The van der Waals surface area contributed by atoms with E-state index < -0.39 is 97.5 Å². The van der Waals surface area contributed by atoms with Gasteiger partial charge in [-0.1, -0.05) is 234 Å². The second-order valence-electron chi connectivity index (χ2n) is 22.1. The molecule has 0 heterocycles. The zero-order chi connectivity index (χ0) is 58.0. The molecule has 0 spiro atoms. The first-order chi connectivity index (χ1) is 37.4. The van der Waals surface area contributed by atoms with Crippen LogP contribution in [0.2, 0.25) is 0 Å². The Morgan fingerprint density at radius 1 is 0.372 bits per heavy atom. The van der Waals surface area contributed by atoms with Crippen molar-refractivity contribution in [2.45, 2.75) is 304 Å². The van der Waals surface area contributed by atoms with E-state index in [2.05, 4.69) is 41.5 Å². The number of hydrogen-bond acceptors (Lipinski definition) is 15. The van der Waals surface area contributed by atoms with Crippen molar-refractivity contribution in [3.8, 4) is 0 Å². The number of phosphoric ester groups is 2. The van der Waals surface area contributed by atoms with Crippen LogP contribution >= 0.6 is 15.6 Å². The van der Waals surface area contributed by atoms with E-state index in [1.807, 2.05) is 0 Å². The van der Waals surface area contributed by atoms with Gasteiger partial charge in [-0.15, -0.1) is 0 Å². The van der Waals surface area contributed by atoms with Crippen LogP contribution in [0.1, 0.15) is 286 Å². The fraction of sp³-hybridized carbons (Fsp3) is 0.932. The summed E-state index contributed by atoms with van der Waals surface area (Å²) in [5.41, 5.74) is 0. The predicted molar refractivity (Wildman–Crippen MR) is 308 cm³/mol. The predicted octanol–water partition coefficient (Wildman–Crippen LogP) is 15.7. The summed E-state index contributed by atoms with van der Waals surface area (Å²) in [7, 11) is -9.87.